The van der Waals surface area contributed by atoms with Crippen LogP contribution in [-0.2, 0) is 11.2 Å². The molecule has 0 aliphatic carbocycles. The number of nitrogens with one attached hydrogen (secondary N) is 1. The smallest absolute Gasteiger partial charge is 0.217 e. The molecule has 2 aromatic rings. The lowest BCUT2D eigenvalue weighted by molar-refractivity contribution is -0.119. The monoisotopic (exact) mass is 366 g/mol. The molecule has 1 fully saturated rings. The highest BCUT2D eigenvalue weighted by molar-refractivity contribution is 5.85. The molecule has 1 atom stereocenters. The van der Waals surface area contributed by atoms with E-state index in [-0.39, 0.29) is 5.91 Å². The number of carbonyl (C=O) groups is 1. The molecule has 1 aliphatic rings. The van der Waals surface area contributed by atoms with E-state index in [0.29, 0.717) is 12.3 Å². The van der Waals surface area contributed by atoms with E-state index in [9.17, 15) is 4.79 Å². The summed E-state index contributed by atoms with van der Waals surface area (Å²) in [5, 5.41) is 5.99. The van der Waals surface area contributed by atoms with Crippen LogP contribution in [0.2, 0.25) is 0 Å². The Bertz CT molecular complexity index is 797. The molecule has 5 nitrogen and oxygen atoms in total. The average Bonchev–Trinajstić information content (AvgIpc) is 2.67. The molecular formula is C22H30N4O. The number of hydrogen-bond acceptors (Lipinski definition) is 2. The second-order valence-corrected chi connectivity index (χ2v) is 7.25. The van der Waals surface area contributed by atoms with Gasteiger partial charge in [0, 0.05) is 32.6 Å². The van der Waals surface area contributed by atoms with Crippen molar-refractivity contribution in [3.05, 3.63) is 48.0 Å². The molecule has 0 aromatic heterocycles. The van der Waals surface area contributed by atoms with E-state index in [4.69, 9.17) is 10.7 Å². The number of benzene rings is 2. The first kappa shape index (κ1) is 19.2. The average molecular weight is 367 g/mol. The summed E-state index contributed by atoms with van der Waals surface area (Å²) in [4.78, 5) is 18.4. The molecule has 0 spiro atoms. The SMILES string of the molecule is CCNC(=NCCc1cccc2ccccc12)N1CCCC(CC(N)=O)C1. The maximum absolute atomic E-state index is 11.3. The second kappa shape index (κ2) is 9.40. The van der Waals surface area contributed by atoms with Gasteiger partial charge in [-0.25, -0.2) is 0 Å². The first-order chi connectivity index (χ1) is 13.2. The fraction of sp³-hybridized carbons (Fsp3) is 0.455. The third-order valence-corrected chi connectivity index (χ3v) is 5.17. The number of nitrogens with two attached hydrogens (primary N) is 1. The lowest BCUT2D eigenvalue weighted by Gasteiger charge is -2.34. The van der Waals surface area contributed by atoms with Crippen molar-refractivity contribution >= 4 is 22.6 Å². The molecule has 0 radical (unpaired) electrons. The summed E-state index contributed by atoms with van der Waals surface area (Å²) < 4.78 is 0. The van der Waals surface area contributed by atoms with Crippen molar-refractivity contribution in [2.75, 3.05) is 26.2 Å². The van der Waals surface area contributed by atoms with Gasteiger partial charge in [0.1, 0.15) is 0 Å². The quantitative estimate of drug-likeness (QED) is 0.610. The second-order valence-electron chi connectivity index (χ2n) is 7.25. The van der Waals surface area contributed by atoms with Crippen LogP contribution in [0.5, 0.6) is 0 Å². The highest BCUT2D eigenvalue weighted by Gasteiger charge is 2.23. The van der Waals surface area contributed by atoms with E-state index in [1.165, 1.54) is 16.3 Å². The number of piperidine rings is 1. The van der Waals surface area contributed by atoms with Crippen LogP contribution < -0.4 is 11.1 Å². The highest BCUT2D eigenvalue weighted by atomic mass is 16.1. The fourth-order valence-corrected chi connectivity index (χ4v) is 3.93. The molecule has 0 bridgehead atoms. The van der Waals surface area contributed by atoms with Gasteiger partial charge >= 0.3 is 0 Å². The van der Waals surface area contributed by atoms with E-state index in [0.717, 1.165) is 51.4 Å². The van der Waals surface area contributed by atoms with Gasteiger partial charge < -0.3 is 16.0 Å². The topological polar surface area (TPSA) is 70.7 Å². The molecule has 3 rings (SSSR count). The van der Waals surface area contributed by atoms with Gasteiger partial charge in [0.2, 0.25) is 5.91 Å². The van der Waals surface area contributed by atoms with Gasteiger partial charge in [0.25, 0.3) is 0 Å². The predicted molar refractivity (Wildman–Crippen MR) is 112 cm³/mol. The number of primary amides is 1. The maximum Gasteiger partial charge on any atom is 0.217 e. The van der Waals surface area contributed by atoms with Crippen molar-refractivity contribution in [3.8, 4) is 0 Å². The zero-order chi connectivity index (χ0) is 19.1. The third kappa shape index (κ3) is 5.22. The Morgan fingerprint density at radius 2 is 2.07 bits per heavy atom. The largest absolute Gasteiger partial charge is 0.370 e. The van der Waals surface area contributed by atoms with Crippen LogP contribution in [-0.4, -0.2) is 42.9 Å². The van der Waals surface area contributed by atoms with Crippen LogP contribution in [0.1, 0.15) is 31.7 Å². The number of guanidine groups is 1. The minimum atomic E-state index is -0.209. The van der Waals surface area contributed by atoms with Gasteiger partial charge in [-0.3, -0.25) is 9.79 Å². The number of likely N-dealkylation sites (tertiary alicyclic amines) is 1. The molecular weight excluding hydrogens is 336 g/mol. The number of fused-ring (bicyclic) bond motifs is 1. The van der Waals surface area contributed by atoms with E-state index in [2.05, 4.69) is 59.6 Å². The van der Waals surface area contributed by atoms with Gasteiger partial charge in [0.15, 0.2) is 5.96 Å². The highest BCUT2D eigenvalue weighted by Crippen LogP contribution is 2.20. The molecule has 1 saturated heterocycles. The summed E-state index contributed by atoms with van der Waals surface area (Å²) in [5.74, 6) is 1.07. The van der Waals surface area contributed by atoms with Crippen LogP contribution in [0.15, 0.2) is 47.5 Å². The molecule has 144 valence electrons. The Labute approximate surface area is 161 Å². The Balaban J connectivity index is 1.67. The lowest BCUT2D eigenvalue weighted by atomic mass is 9.95. The standard InChI is InChI=1S/C22H30N4O/c1-2-24-22(26-14-6-7-17(16-26)15-21(23)27)25-13-12-19-10-5-9-18-8-3-4-11-20(18)19/h3-5,8-11,17H,2,6-7,12-16H2,1H3,(H2,23,27)(H,24,25). The number of aliphatic imine (C=N–C) groups is 1. The van der Waals surface area contributed by atoms with E-state index in [1.807, 2.05) is 0 Å². The third-order valence-electron chi connectivity index (χ3n) is 5.17. The first-order valence-corrected chi connectivity index (χ1v) is 9.95. The van der Waals surface area contributed by atoms with Gasteiger partial charge in [-0.05, 0) is 48.4 Å². The minimum absolute atomic E-state index is 0.209. The summed E-state index contributed by atoms with van der Waals surface area (Å²) in [6.07, 6.45) is 3.52. The summed E-state index contributed by atoms with van der Waals surface area (Å²) in [5.41, 5.74) is 6.72. The predicted octanol–water partition coefficient (Wildman–Crippen LogP) is 2.94. The lowest BCUT2D eigenvalue weighted by Crippen LogP contribution is -2.47. The molecule has 1 unspecified atom stereocenters. The number of hydrogen-bond donors (Lipinski definition) is 2. The van der Waals surface area contributed by atoms with E-state index < -0.39 is 0 Å². The van der Waals surface area contributed by atoms with Crippen LogP contribution in [0.25, 0.3) is 10.8 Å². The van der Waals surface area contributed by atoms with Gasteiger partial charge in [-0.1, -0.05) is 42.5 Å². The van der Waals surface area contributed by atoms with Crippen molar-refractivity contribution < 1.29 is 4.79 Å². The minimum Gasteiger partial charge on any atom is -0.370 e. The first-order valence-electron chi connectivity index (χ1n) is 9.95. The summed E-state index contributed by atoms with van der Waals surface area (Å²) in [7, 11) is 0. The number of rotatable bonds is 6. The number of amides is 1. The molecule has 1 aliphatic heterocycles. The van der Waals surface area contributed by atoms with Crippen molar-refractivity contribution in [2.45, 2.75) is 32.6 Å². The van der Waals surface area contributed by atoms with Crippen molar-refractivity contribution in [3.63, 3.8) is 0 Å². The van der Waals surface area contributed by atoms with Gasteiger partial charge in [-0.15, -0.1) is 0 Å². The van der Waals surface area contributed by atoms with Crippen LogP contribution in [0, 0.1) is 5.92 Å². The zero-order valence-electron chi connectivity index (χ0n) is 16.2. The van der Waals surface area contributed by atoms with Gasteiger partial charge in [0.05, 0.1) is 0 Å². The maximum atomic E-state index is 11.3. The van der Waals surface area contributed by atoms with Crippen molar-refractivity contribution in [2.24, 2.45) is 16.6 Å². The Kier molecular flexibility index (Phi) is 6.69. The normalized spacial score (nSPS) is 17.9. The molecule has 1 heterocycles. The molecule has 27 heavy (non-hydrogen) atoms. The number of carbonyl (C=O) groups excluding carboxylic acids is 1. The summed E-state index contributed by atoms with van der Waals surface area (Å²) in [6, 6.07) is 15.0. The van der Waals surface area contributed by atoms with Crippen molar-refractivity contribution in [1.82, 2.24) is 10.2 Å². The molecule has 2 aromatic carbocycles. The van der Waals surface area contributed by atoms with E-state index in [1.54, 1.807) is 0 Å². The Hall–Kier alpha value is -2.56. The molecule has 0 saturated carbocycles. The Morgan fingerprint density at radius 3 is 2.89 bits per heavy atom. The summed E-state index contributed by atoms with van der Waals surface area (Å²) in [6.45, 7) is 5.50. The van der Waals surface area contributed by atoms with Crippen LogP contribution in [0.3, 0.4) is 0 Å². The molecule has 5 heteroatoms. The fourth-order valence-electron chi connectivity index (χ4n) is 3.93. The zero-order valence-corrected chi connectivity index (χ0v) is 16.2. The van der Waals surface area contributed by atoms with Crippen LogP contribution in [0.4, 0.5) is 0 Å². The van der Waals surface area contributed by atoms with Gasteiger partial charge in [-0.2, -0.15) is 0 Å². The summed E-state index contributed by atoms with van der Waals surface area (Å²) >= 11 is 0. The number of nitrogens with zero attached hydrogens (tertiary/aromatic N) is 2. The molecule has 1 amide bonds. The van der Waals surface area contributed by atoms with Crippen LogP contribution >= 0.6 is 0 Å². The van der Waals surface area contributed by atoms with Crippen molar-refractivity contribution in [1.29, 1.82) is 0 Å². The molecule has 3 N–H and O–H groups in total. The van der Waals surface area contributed by atoms with E-state index >= 15 is 0 Å². The Morgan fingerprint density at radius 1 is 1.26 bits per heavy atom.